The number of amides is 2. The van der Waals surface area contributed by atoms with E-state index in [0.29, 0.717) is 17.1 Å². The third-order valence-corrected chi connectivity index (χ3v) is 4.11. The predicted octanol–water partition coefficient (Wildman–Crippen LogP) is 3.08. The summed E-state index contributed by atoms with van der Waals surface area (Å²) in [6, 6.07) is 11.7. The minimum absolute atomic E-state index is 0.0880. The second-order valence-corrected chi connectivity index (χ2v) is 7.85. The molecule has 0 fully saturated rings. The van der Waals surface area contributed by atoms with Gasteiger partial charge in [0.2, 0.25) is 5.91 Å². The number of alkyl carbamates (subject to hydrolysis) is 1. The van der Waals surface area contributed by atoms with Crippen molar-refractivity contribution in [3.8, 4) is 11.4 Å². The molecule has 3 N–H and O–H groups in total. The number of carbonyl (C=O) groups is 2. The SMILES string of the molecule is CC(C)(C)OC(=O)NC(Cc1cccc(F)c1)C(=O)Nc1ccc(-c2nnn[nH]2)cc1. The number of nitrogens with zero attached hydrogens (tertiary/aromatic N) is 3. The monoisotopic (exact) mass is 426 g/mol. The van der Waals surface area contributed by atoms with Gasteiger partial charge in [-0.05, 0) is 73.2 Å². The van der Waals surface area contributed by atoms with Crippen molar-refractivity contribution in [1.29, 1.82) is 0 Å². The van der Waals surface area contributed by atoms with Crippen molar-refractivity contribution < 1.29 is 18.7 Å². The summed E-state index contributed by atoms with van der Waals surface area (Å²) < 4.78 is 18.8. The Labute approximate surface area is 178 Å². The van der Waals surface area contributed by atoms with Crippen molar-refractivity contribution in [3.05, 3.63) is 59.9 Å². The molecule has 0 saturated carbocycles. The number of hydrogen-bond acceptors (Lipinski definition) is 6. The molecule has 1 unspecified atom stereocenters. The fourth-order valence-corrected chi connectivity index (χ4v) is 2.78. The minimum Gasteiger partial charge on any atom is -0.444 e. The van der Waals surface area contributed by atoms with Crippen LogP contribution in [0, 0.1) is 5.82 Å². The molecule has 162 valence electrons. The van der Waals surface area contributed by atoms with Gasteiger partial charge in [0.05, 0.1) is 0 Å². The van der Waals surface area contributed by atoms with Crippen LogP contribution >= 0.6 is 0 Å². The highest BCUT2D eigenvalue weighted by Crippen LogP contribution is 2.17. The number of halogens is 1. The normalized spacial score (nSPS) is 12.1. The molecule has 1 aromatic heterocycles. The van der Waals surface area contributed by atoms with Crippen LogP contribution in [0.4, 0.5) is 14.9 Å². The van der Waals surface area contributed by atoms with Crippen molar-refractivity contribution in [2.75, 3.05) is 5.32 Å². The minimum atomic E-state index is -0.977. The maximum Gasteiger partial charge on any atom is 0.408 e. The lowest BCUT2D eigenvalue weighted by molar-refractivity contribution is -0.118. The molecule has 0 aliphatic heterocycles. The molecule has 1 heterocycles. The number of carbonyl (C=O) groups excluding carboxylic acids is 2. The molecule has 3 rings (SSSR count). The van der Waals surface area contributed by atoms with E-state index in [4.69, 9.17) is 4.74 Å². The maximum atomic E-state index is 13.6. The van der Waals surface area contributed by atoms with Crippen LogP contribution in [0.2, 0.25) is 0 Å². The first kappa shape index (κ1) is 21.9. The average Bonchev–Trinajstić information content (AvgIpc) is 3.21. The Morgan fingerprint density at radius 1 is 1.16 bits per heavy atom. The zero-order valence-electron chi connectivity index (χ0n) is 17.3. The Bertz CT molecular complexity index is 1030. The second-order valence-electron chi connectivity index (χ2n) is 7.85. The maximum absolute atomic E-state index is 13.6. The molecule has 0 bridgehead atoms. The number of ether oxygens (including phenoxy) is 1. The van der Waals surface area contributed by atoms with Crippen LogP contribution in [-0.4, -0.2) is 44.3 Å². The summed E-state index contributed by atoms with van der Waals surface area (Å²) >= 11 is 0. The van der Waals surface area contributed by atoms with Gasteiger partial charge in [-0.1, -0.05) is 12.1 Å². The van der Waals surface area contributed by atoms with E-state index < -0.39 is 29.5 Å². The molecule has 0 radical (unpaired) electrons. The van der Waals surface area contributed by atoms with Gasteiger partial charge in [0, 0.05) is 17.7 Å². The molecule has 0 spiro atoms. The lowest BCUT2D eigenvalue weighted by atomic mass is 10.0. The number of nitrogens with one attached hydrogen (secondary N) is 3. The zero-order chi connectivity index (χ0) is 22.4. The van der Waals surface area contributed by atoms with Crippen LogP contribution in [0.25, 0.3) is 11.4 Å². The Morgan fingerprint density at radius 2 is 1.90 bits per heavy atom. The molecular formula is C21H23FN6O3. The third kappa shape index (κ3) is 6.59. The molecule has 2 aromatic carbocycles. The molecule has 3 aromatic rings. The van der Waals surface area contributed by atoms with E-state index in [-0.39, 0.29) is 6.42 Å². The quantitative estimate of drug-likeness (QED) is 0.557. The highest BCUT2D eigenvalue weighted by atomic mass is 19.1. The van der Waals surface area contributed by atoms with Crippen molar-refractivity contribution in [2.24, 2.45) is 0 Å². The van der Waals surface area contributed by atoms with E-state index in [1.54, 1.807) is 57.2 Å². The summed E-state index contributed by atoms with van der Waals surface area (Å²) in [4.78, 5) is 25.2. The topological polar surface area (TPSA) is 122 Å². The van der Waals surface area contributed by atoms with Crippen LogP contribution in [0.3, 0.4) is 0 Å². The van der Waals surface area contributed by atoms with Crippen LogP contribution in [0.15, 0.2) is 48.5 Å². The lowest BCUT2D eigenvalue weighted by Gasteiger charge is -2.23. The van der Waals surface area contributed by atoms with Gasteiger partial charge in [-0.3, -0.25) is 4.79 Å². The van der Waals surface area contributed by atoms with Crippen LogP contribution < -0.4 is 10.6 Å². The van der Waals surface area contributed by atoms with Gasteiger partial charge >= 0.3 is 6.09 Å². The van der Waals surface area contributed by atoms with E-state index in [1.807, 2.05) is 0 Å². The first-order valence-corrected chi connectivity index (χ1v) is 9.58. The van der Waals surface area contributed by atoms with Gasteiger partial charge in [-0.25, -0.2) is 14.3 Å². The highest BCUT2D eigenvalue weighted by molar-refractivity contribution is 5.96. The van der Waals surface area contributed by atoms with Crippen molar-refractivity contribution >= 4 is 17.7 Å². The average molecular weight is 426 g/mol. The predicted molar refractivity (Wildman–Crippen MR) is 112 cm³/mol. The number of hydrogen-bond donors (Lipinski definition) is 3. The zero-order valence-corrected chi connectivity index (χ0v) is 17.3. The number of tetrazole rings is 1. The van der Waals surface area contributed by atoms with E-state index in [2.05, 4.69) is 31.3 Å². The molecule has 0 aliphatic carbocycles. The molecule has 10 heteroatoms. The van der Waals surface area contributed by atoms with E-state index in [0.717, 1.165) is 5.56 Å². The van der Waals surface area contributed by atoms with Gasteiger partial charge in [-0.15, -0.1) is 5.10 Å². The summed E-state index contributed by atoms with van der Waals surface area (Å²) in [6.07, 6.45) is -0.651. The fourth-order valence-electron chi connectivity index (χ4n) is 2.78. The summed E-state index contributed by atoms with van der Waals surface area (Å²) in [7, 11) is 0. The largest absolute Gasteiger partial charge is 0.444 e. The van der Waals surface area contributed by atoms with Gasteiger partial charge in [0.15, 0.2) is 5.82 Å². The van der Waals surface area contributed by atoms with E-state index in [9.17, 15) is 14.0 Å². The van der Waals surface area contributed by atoms with Gasteiger partial charge in [0.1, 0.15) is 17.5 Å². The van der Waals surface area contributed by atoms with Gasteiger partial charge < -0.3 is 15.4 Å². The molecular weight excluding hydrogens is 403 g/mol. The first-order valence-electron chi connectivity index (χ1n) is 9.58. The molecule has 0 saturated heterocycles. The number of benzene rings is 2. The summed E-state index contributed by atoms with van der Waals surface area (Å²) in [5.41, 5.74) is 1.09. The Kier molecular flexibility index (Phi) is 6.58. The number of aromatic nitrogens is 4. The van der Waals surface area contributed by atoms with Crippen LogP contribution in [0.5, 0.6) is 0 Å². The Morgan fingerprint density at radius 3 is 2.52 bits per heavy atom. The van der Waals surface area contributed by atoms with Crippen LogP contribution in [0.1, 0.15) is 26.3 Å². The second kappa shape index (κ2) is 9.33. The number of aromatic amines is 1. The lowest BCUT2D eigenvalue weighted by Crippen LogP contribution is -2.47. The smallest absolute Gasteiger partial charge is 0.408 e. The van der Waals surface area contributed by atoms with Gasteiger partial charge in [-0.2, -0.15) is 0 Å². The number of rotatable bonds is 6. The van der Waals surface area contributed by atoms with E-state index in [1.165, 1.54) is 12.1 Å². The first-order chi connectivity index (χ1) is 14.7. The van der Waals surface area contributed by atoms with Crippen molar-refractivity contribution in [2.45, 2.75) is 38.8 Å². The summed E-state index contributed by atoms with van der Waals surface area (Å²) in [5.74, 6) is -0.399. The highest BCUT2D eigenvalue weighted by Gasteiger charge is 2.25. The summed E-state index contributed by atoms with van der Waals surface area (Å²) in [5, 5.41) is 18.8. The Balaban J connectivity index is 1.73. The van der Waals surface area contributed by atoms with Crippen LogP contribution in [-0.2, 0) is 16.0 Å². The molecule has 31 heavy (non-hydrogen) atoms. The standard InChI is InChI=1S/C21H23FN6O3/c1-21(2,3)31-20(30)24-17(12-13-5-4-6-15(22)11-13)19(29)23-16-9-7-14(8-10-16)18-25-27-28-26-18/h4-11,17H,12H2,1-3H3,(H,23,29)(H,24,30)(H,25,26,27,28). The third-order valence-electron chi connectivity index (χ3n) is 4.11. The van der Waals surface area contributed by atoms with Crippen molar-refractivity contribution in [3.63, 3.8) is 0 Å². The molecule has 9 nitrogen and oxygen atoms in total. The fraction of sp³-hybridized carbons (Fsp3) is 0.286. The van der Waals surface area contributed by atoms with Crippen molar-refractivity contribution in [1.82, 2.24) is 25.9 Å². The Hall–Kier alpha value is -3.82. The molecule has 0 aliphatic rings. The number of H-pyrrole nitrogens is 1. The summed E-state index contributed by atoms with van der Waals surface area (Å²) in [6.45, 7) is 5.17. The van der Waals surface area contributed by atoms with E-state index >= 15 is 0 Å². The number of anilines is 1. The van der Waals surface area contributed by atoms with Gasteiger partial charge in [0.25, 0.3) is 0 Å². The molecule has 1 atom stereocenters. The molecule has 2 amide bonds.